The molecule has 0 amide bonds. The second kappa shape index (κ2) is 16.9. The van der Waals surface area contributed by atoms with Gasteiger partial charge in [-0.25, -0.2) is 0 Å². The van der Waals surface area contributed by atoms with Gasteiger partial charge in [0.2, 0.25) is 0 Å². The maximum Gasteiger partial charge on any atom is 0.106 e. The second-order valence-electron chi connectivity index (χ2n) is 8.68. The number of aliphatic imine (C=N–C) groups is 1. The molecule has 0 fully saturated rings. The van der Waals surface area contributed by atoms with E-state index in [4.69, 9.17) is 11.5 Å². The minimum atomic E-state index is 0.0399. The number of hydrogen-bond donors (Lipinski definition) is 2. The molecule has 0 saturated heterocycles. The van der Waals surface area contributed by atoms with Gasteiger partial charge >= 0.3 is 0 Å². The van der Waals surface area contributed by atoms with Crippen LogP contribution in [0.2, 0.25) is 0 Å². The molecule has 2 rings (SSSR count). The van der Waals surface area contributed by atoms with Crippen molar-refractivity contribution < 1.29 is 0 Å². The molecule has 1 aliphatic rings. The van der Waals surface area contributed by atoms with Gasteiger partial charge in [0, 0.05) is 12.1 Å². The van der Waals surface area contributed by atoms with Gasteiger partial charge in [0.15, 0.2) is 0 Å². The van der Waals surface area contributed by atoms with Gasteiger partial charge in [0.1, 0.15) is 12.4 Å². The smallest absolute Gasteiger partial charge is 0.106 e. The largest absolute Gasteiger partial charge is 0.387 e. The Hall–Kier alpha value is -2.67. The minimum Gasteiger partial charge on any atom is -0.387 e. The van der Waals surface area contributed by atoms with Crippen LogP contribution in [-0.2, 0) is 13.0 Å². The molecule has 0 aromatic heterocycles. The van der Waals surface area contributed by atoms with Crippen LogP contribution in [0, 0.1) is 9.81 Å². The van der Waals surface area contributed by atoms with E-state index in [1.54, 1.807) is 6.08 Å². The van der Waals surface area contributed by atoms with Crippen molar-refractivity contribution in [3.63, 3.8) is 0 Å². The van der Waals surface area contributed by atoms with E-state index in [9.17, 15) is 9.81 Å². The lowest BCUT2D eigenvalue weighted by Gasteiger charge is -2.21. The maximum absolute atomic E-state index is 10.5. The number of aryl methyl sites for hydroxylation is 1. The van der Waals surface area contributed by atoms with Gasteiger partial charge in [-0.1, -0.05) is 52.7 Å². The van der Waals surface area contributed by atoms with Crippen LogP contribution in [0.1, 0.15) is 83.4 Å². The Bertz CT molecular complexity index is 805. The van der Waals surface area contributed by atoms with Gasteiger partial charge in [-0.05, 0) is 77.0 Å². The van der Waals surface area contributed by atoms with Crippen molar-refractivity contribution in [3.05, 3.63) is 68.5 Å². The van der Waals surface area contributed by atoms with Crippen molar-refractivity contribution >= 4 is 5.84 Å². The standard InChI is InChI=1S/C18H25N3O.C4H7NO.C4H11N/c1-11(2)21-18(19)17-13(4)12(3)5-7-15-9-14(10-20-22)6-8-16(15)17;1-2-3-4-5-6;1-3-4(2)5/h6,8-9,11,17H,5,7,10H2,1-4H3,(H2,19,21);2H,1,3-4H2;4H,3,5H2,1-2H3/t;;4-/m..1/s1. The summed E-state index contributed by atoms with van der Waals surface area (Å²) < 4.78 is 0. The lowest BCUT2D eigenvalue weighted by atomic mass is 9.87. The van der Waals surface area contributed by atoms with Gasteiger partial charge < -0.3 is 11.5 Å². The molecule has 1 aromatic rings. The number of hydrogen-bond acceptors (Lipinski definition) is 6. The fourth-order valence-corrected chi connectivity index (χ4v) is 3.23. The number of nitrogens with zero attached hydrogens (tertiary/aromatic N) is 3. The maximum atomic E-state index is 10.5. The van der Waals surface area contributed by atoms with Gasteiger partial charge in [0.25, 0.3) is 0 Å². The molecular weight excluding hydrogens is 414 g/mol. The molecule has 0 radical (unpaired) electrons. The first-order valence-electron chi connectivity index (χ1n) is 11.7. The summed E-state index contributed by atoms with van der Waals surface area (Å²) in [5, 5.41) is 5.60. The van der Waals surface area contributed by atoms with Crippen molar-refractivity contribution in [2.24, 2.45) is 26.8 Å². The fourth-order valence-electron chi connectivity index (χ4n) is 3.23. The quantitative estimate of drug-likeness (QED) is 0.159. The number of rotatable bonds is 8. The van der Waals surface area contributed by atoms with Crippen LogP contribution in [-0.4, -0.2) is 24.5 Å². The molecule has 0 saturated carbocycles. The van der Waals surface area contributed by atoms with E-state index in [2.05, 4.69) is 54.8 Å². The van der Waals surface area contributed by atoms with E-state index < -0.39 is 0 Å². The van der Waals surface area contributed by atoms with Gasteiger partial charge in [-0.15, -0.1) is 6.58 Å². The van der Waals surface area contributed by atoms with Crippen LogP contribution in [0.25, 0.3) is 0 Å². The zero-order valence-corrected chi connectivity index (χ0v) is 21.3. The van der Waals surface area contributed by atoms with Gasteiger partial charge in [-0.3, -0.25) is 4.99 Å². The molecule has 0 aliphatic heterocycles. The van der Waals surface area contributed by atoms with Gasteiger partial charge in [-0.2, -0.15) is 9.81 Å². The van der Waals surface area contributed by atoms with E-state index in [1.165, 1.54) is 22.3 Å². The summed E-state index contributed by atoms with van der Waals surface area (Å²) >= 11 is 0. The Kier molecular flexibility index (Phi) is 15.5. The van der Waals surface area contributed by atoms with E-state index >= 15 is 0 Å². The number of nitroso groups, excluding NO2 is 2. The molecule has 1 unspecified atom stereocenters. The summed E-state index contributed by atoms with van der Waals surface area (Å²) in [6, 6.07) is 6.72. The summed E-state index contributed by atoms with van der Waals surface area (Å²) in [6.45, 7) is 16.5. The summed E-state index contributed by atoms with van der Waals surface area (Å²) in [6.07, 6.45) is 5.43. The molecule has 4 N–H and O–H groups in total. The van der Waals surface area contributed by atoms with Crippen molar-refractivity contribution in [2.75, 3.05) is 6.54 Å². The van der Waals surface area contributed by atoms with Crippen LogP contribution in [0.5, 0.6) is 0 Å². The molecule has 1 aromatic carbocycles. The second-order valence-corrected chi connectivity index (χ2v) is 8.68. The summed E-state index contributed by atoms with van der Waals surface area (Å²) in [5.41, 5.74) is 17.7. The van der Waals surface area contributed by atoms with Crippen molar-refractivity contribution in [3.8, 4) is 0 Å². The Morgan fingerprint density at radius 2 is 1.82 bits per heavy atom. The zero-order chi connectivity index (χ0) is 25.4. The third kappa shape index (κ3) is 11.7. The number of allylic oxidation sites excluding steroid dienone is 1. The van der Waals surface area contributed by atoms with Crippen molar-refractivity contribution in [1.82, 2.24) is 0 Å². The molecule has 0 bridgehead atoms. The van der Waals surface area contributed by atoms with Crippen LogP contribution < -0.4 is 11.5 Å². The number of benzene rings is 1. The van der Waals surface area contributed by atoms with Gasteiger partial charge in [0.05, 0.1) is 12.5 Å². The lowest BCUT2D eigenvalue weighted by molar-refractivity contribution is 0.715. The SMILES string of the molecule is C=CCCN=O.CC1=C(C)C(C(N)=NC(C)C)c2ccc(CN=O)cc2CC1.CC[C@@H](C)N. The minimum absolute atomic E-state index is 0.0399. The molecular formula is C26H43N5O2. The summed E-state index contributed by atoms with van der Waals surface area (Å²) in [5.74, 6) is 0.717. The molecule has 0 spiro atoms. The average molecular weight is 458 g/mol. The molecule has 33 heavy (non-hydrogen) atoms. The normalized spacial score (nSPS) is 16.4. The first-order chi connectivity index (χ1) is 15.6. The van der Waals surface area contributed by atoms with Crippen molar-refractivity contribution in [1.29, 1.82) is 0 Å². The molecule has 7 nitrogen and oxygen atoms in total. The predicted molar refractivity (Wildman–Crippen MR) is 142 cm³/mol. The topological polar surface area (TPSA) is 123 Å². The average Bonchev–Trinajstić information content (AvgIpc) is 2.89. The van der Waals surface area contributed by atoms with Crippen LogP contribution in [0.4, 0.5) is 0 Å². The molecule has 2 atom stereocenters. The first-order valence-corrected chi connectivity index (χ1v) is 11.7. The third-order valence-electron chi connectivity index (χ3n) is 5.41. The highest BCUT2D eigenvalue weighted by atomic mass is 16.3. The highest BCUT2D eigenvalue weighted by Gasteiger charge is 2.25. The molecule has 0 heterocycles. The van der Waals surface area contributed by atoms with Crippen LogP contribution in [0.3, 0.4) is 0 Å². The first kappa shape index (κ1) is 30.3. The Morgan fingerprint density at radius 1 is 1.18 bits per heavy atom. The van der Waals surface area contributed by atoms with Crippen LogP contribution in [0.15, 0.2) is 57.3 Å². The molecule has 7 heteroatoms. The summed E-state index contributed by atoms with van der Waals surface area (Å²) in [4.78, 5) is 24.4. The number of fused-ring (bicyclic) bond motifs is 1. The number of amidine groups is 1. The third-order valence-corrected chi connectivity index (χ3v) is 5.41. The van der Waals surface area contributed by atoms with E-state index in [1.807, 2.05) is 26.8 Å². The molecule has 1 aliphatic carbocycles. The van der Waals surface area contributed by atoms with E-state index in [0.717, 1.165) is 24.8 Å². The highest BCUT2D eigenvalue weighted by molar-refractivity contribution is 5.91. The monoisotopic (exact) mass is 457 g/mol. The van der Waals surface area contributed by atoms with E-state index in [-0.39, 0.29) is 18.5 Å². The lowest BCUT2D eigenvalue weighted by Crippen LogP contribution is -2.25. The Labute approximate surface area is 199 Å². The van der Waals surface area contributed by atoms with E-state index in [0.29, 0.717) is 24.8 Å². The van der Waals surface area contributed by atoms with Crippen molar-refractivity contribution in [2.45, 2.75) is 91.8 Å². The number of nitrogens with two attached hydrogens (primary N) is 2. The highest BCUT2D eigenvalue weighted by Crippen LogP contribution is 2.35. The Morgan fingerprint density at radius 3 is 2.27 bits per heavy atom. The summed E-state index contributed by atoms with van der Waals surface area (Å²) in [7, 11) is 0. The Balaban J connectivity index is 0.000000774. The zero-order valence-electron chi connectivity index (χ0n) is 21.3. The molecule has 184 valence electrons. The fraction of sp³-hybridized carbons (Fsp3) is 0.577. The van der Waals surface area contributed by atoms with Crippen LogP contribution >= 0.6 is 0 Å². The predicted octanol–water partition coefficient (Wildman–Crippen LogP) is 6.16.